The molecule has 1 heterocycles. The lowest BCUT2D eigenvalue weighted by molar-refractivity contribution is -0.120. The van der Waals surface area contributed by atoms with E-state index in [4.69, 9.17) is 4.74 Å². The standard InChI is InChI=1S/C10H17N3O2/c1-5-9(14)11-6-8-7(2)12-13(3)10(8)15-4/h5-6H2,1-4H3,(H,11,14). The number of ether oxygens (including phenoxy) is 1. The van der Waals surface area contributed by atoms with Crippen molar-refractivity contribution in [1.29, 1.82) is 0 Å². The van der Waals surface area contributed by atoms with Crippen LogP contribution in [-0.2, 0) is 18.4 Å². The molecule has 0 aliphatic rings. The van der Waals surface area contributed by atoms with Gasteiger partial charge in [-0.2, -0.15) is 5.10 Å². The Kier molecular flexibility index (Phi) is 3.71. The largest absolute Gasteiger partial charge is 0.481 e. The number of hydrogen-bond donors (Lipinski definition) is 1. The normalized spacial score (nSPS) is 10.1. The highest BCUT2D eigenvalue weighted by atomic mass is 16.5. The minimum absolute atomic E-state index is 0.0281. The number of amides is 1. The number of nitrogens with zero attached hydrogens (tertiary/aromatic N) is 2. The van der Waals surface area contributed by atoms with Crippen molar-refractivity contribution in [3.8, 4) is 5.88 Å². The molecule has 0 saturated heterocycles. The predicted molar refractivity (Wildman–Crippen MR) is 56.6 cm³/mol. The van der Waals surface area contributed by atoms with Crippen molar-refractivity contribution in [2.45, 2.75) is 26.8 Å². The van der Waals surface area contributed by atoms with Crippen molar-refractivity contribution >= 4 is 5.91 Å². The highest BCUT2D eigenvalue weighted by Crippen LogP contribution is 2.20. The molecule has 0 unspecified atom stereocenters. The molecule has 5 nitrogen and oxygen atoms in total. The van der Waals surface area contributed by atoms with Gasteiger partial charge in [0.15, 0.2) is 0 Å². The van der Waals surface area contributed by atoms with Gasteiger partial charge in [-0.25, -0.2) is 4.68 Å². The Bertz CT molecular complexity index is 358. The van der Waals surface area contributed by atoms with Gasteiger partial charge in [-0.05, 0) is 6.92 Å². The Labute approximate surface area is 89.4 Å². The molecule has 1 rings (SSSR count). The summed E-state index contributed by atoms with van der Waals surface area (Å²) in [6, 6.07) is 0. The molecule has 15 heavy (non-hydrogen) atoms. The molecule has 0 aromatic carbocycles. The van der Waals surface area contributed by atoms with Crippen LogP contribution in [0.4, 0.5) is 0 Å². The van der Waals surface area contributed by atoms with Crippen LogP contribution in [0.1, 0.15) is 24.6 Å². The average molecular weight is 211 g/mol. The van der Waals surface area contributed by atoms with Gasteiger partial charge in [-0.15, -0.1) is 0 Å². The highest BCUT2D eigenvalue weighted by molar-refractivity contribution is 5.75. The van der Waals surface area contributed by atoms with Gasteiger partial charge in [0.1, 0.15) is 0 Å². The van der Waals surface area contributed by atoms with Crippen molar-refractivity contribution in [3.05, 3.63) is 11.3 Å². The number of aryl methyl sites for hydroxylation is 2. The van der Waals surface area contributed by atoms with Crippen molar-refractivity contribution in [3.63, 3.8) is 0 Å². The lowest BCUT2D eigenvalue weighted by atomic mass is 10.2. The first-order valence-corrected chi connectivity index (χ1v) is 4.93. The van der Waals surface area contributed by atoms with Gasteiger partial charge in [0.2, 0.25) is 11.8 Å². The zero-order valence-corrected chi connectivity index (χ0v) is 9.63. The predicted octanol–water partition coefficient (Wildman–Crippen LogP) is 0.763. The molecule has 0 aliphatic heterocycles. The van der Waals surface area contributed by atoms with Gasteiger partial charge in [0.25, 0.3) is 0 Å². The summed E-state index contributed by atoms with van der Waals surface area (Å²) >= 11 is 0. The third-order valence-electron chi connectivity index (χ3n) is 2.27. The van der Waals surface area contributed by atoms with Crippen LogP contribution in [0.5, 0.6) is 5.88 Å². The van der Waals surface area contributed by atoms with Crippen molar-refractivity contribution in [2.75, 3.05) is 7.11 Å². The van der Waals surface area contributed by atoms with E-state index >= 15 is 0 Å². The molecular formula is C10H17N3O2. The molecular weight excluding hydrogens is 194 g/mol. The summed E-state index contributed by atoms with van der Waals surface area (Å²) < 4.78 is 6.88. The lowest BCUT2D eigenvalue weighted by Crippen LogP contribution is -2.21. The summed E-state index contributed by atoms with van der Waals surface area (Å²) in [5.74, 6) is 0.726. The van der Waals surface area contributed by atoms with Crippen LogP contribution in [-0.4, -0.2) is 22.8 Å². The first-order valence-electron chi connectivity index (χ1n) is 4.93. The van der Waals surface area contributed by atoms with Crippen LogP contribution in [0.15, 0.2) is 0 Å². The summed E-state index contributed by atoms with van der Waals surface area (Å²) in [6.45, 7) is 4.19. The Morgan fingerprint density at radius 3 is 2.80 bits per heavy atom. The first-order chi connectivity index (χ1) is 7.10. The van der Waals surface area contributed by atoms with Gasteiger partial charge >= 0.3 is 0 Å². The number of carbonyl (C=O) groups is 1. The monoisotopic (exact) mass is 211 g/mol. The number of aromatic nitrogens is 2. The van der Waals surface area contributed by atoms with Crippen molar-refractivity contribution in [2.24, 2.45) is 7.05 Å². The maximum Gasteiger partial charge on any atom is 0.219 e. The van der Waals surface area contributed by atoms with Crippen LogP contribution in [0.2, 0.25) is 0 Å². The molecule has 0 atom stereocenters. The number of rotatable bonds is 4. The quantitative estimate of drug-likeness (QED) is 0.800. The zero-order valence-electron chi connectivity index (χ0n) is 9.63. The van der Waals surface area contributed by atoms with Crippen molar-refractivity contribution < 1.29 is 9.53 Å². The van der Waals surface area contributed by atoms with E-state index in [0.29, 0.717) is 18.8 Å². The minimum Gasteiger partial charge on any atom is -0.481 e. The molecule has 0 saturated carbocycles. The van der Waals surface area contributed by atoms with Crippen molar-refractivity contribution in [1.82, 2.24) is 15.1 Å². The maximum atomic E-state index is 11.1. The summed E-state index contributed by atoms with van der Waals surface area (Å²) in [6.07, 6.45) is 0.488. The minimum atomic E-state index is 0.0281. The number of nitrogens with one attached hydrogen (secondary N) is 1. The molecule has 0 spiro atoms. The van der Waals surface area contributed by atoms with E-state index in [-0.39, 0.29) is 5.91 Å². The first kappa shape index (κ1) is 11.6. The molecule has 1 aromatic heterocycles. The Morgan fingerprint density at radius 1 is 1.60 bits per heavy atom. The van der Waals surface area contributed by atoms with Gasteiger partial charge < -0.3 is 10.1 Å². The smallest absolute Gasteiger partial charge is 0.219 e. The van der Waals surface area contributed by atoms with E-state index in [2.05, 4.69) is 10.4 Å². The van der Waals surface area contributed by atoms with Crippen LogP contribution < -0.4 is 10.1 Å². The lowest BCUT2D eigenvalue weighted by Gasteiger charge is -2.05. The second-order valence-electron chi connectivity index (χ2n) is 3.33. The van der Waals surface area contributed by atoms with E-state index in [9.17, 15) is 4.79 Å². The van der Waals surface area contributed by atoms with E-state index in [1.54, 1.807) is 11.8 Å². The second-order valence-corrected chi connectivity index (χ2v) is 3.33. The van der Waals surface area contributed by atoms with E-state index in [1.807, 2.05) is 20.9 Å². The number of carbonyl (C=O) groups excluding carboxylic acids is 1. The molecule has 84 valence electrons. The average Bonchev–Trinajstić information content (AvgIpc) is 2.49. The third kappa shape index (κ3) is 2.49. The summed E-state index contributed by atoms with van der Waals surface area (Å²) in [5, 5.41) is 7.03. The SMILES string of the molecule is CCC(=O)NCc1c(C)nn(C)c1OC. The number of methoxy groups -OCH3 is 1. The topological polar surface area (TPSA) is 56.2 Å². The molecule has 1 aromatic rings. The van der Waals surface area contributed by atoms with Crippen LogP contribution in [0.3, 0.4) is 0 Å². The van der Waals surface area contributed by atoms with Gasteiger partial charge in [0.05, 0.1) is 18.4 Å². The molecule has 0 aliphatic carbocycles. The molecule has 5 heteroatoms. The van der Waals surface area contributed by atoms with Crippen LogP contribution in [0.25, 0.3) is 0 Å². The summed E-state index contributed by atoms with van der Waals surface area (Å²) in [5.41, 5.74) is 1.81. The third-order valence-corrected chi connectivity index (χ3v) is 2.27. The Balaban J connectivity index is 2.79. The zero-order chi connectivity index (χ0) is 11.4. The van der Waals surface area contributed by atoms with Gasteiger partial charge in [-0.3, -0.25) is 4.79 Å². The van der Waals surface area contributed by atoms with E-state index in [0.717, 1.165) is 11.3 Å². The Hall–Kier alpha value is -1.52. The highest BCUT2D eigenvalue weighted by Gasteiger charge is 2.13. The van der Waals surface area contributed by atoms with E-state index < -0.39 is 0 Å². The summed E-state index contributed by atoms with van der Waals surface area (Å²) in [4.78, 5) is 11.1. The van der Waals surface area contributed by atoms with E-state index in [1.165, 1.54) is 0 Å². The fraction of sp³-hybridized carbons (Fsp3) is 0.600. The second kappa shape index (κ2) is 4.82. The molecule has 0 fully saturated rings. The molecule has 1 N–H and O–H groups in total. The van der Waals surface area contributed by atoms with Crippen LogP contribution in [0, 0.1) is 6.92 Å². The van der Waals surface area contributed by atoms with Crippen LogP contribution >= 0.6 is 0 Å². The fourth-order valence-corrected chi connectivity index (χ4v) is 1.45. The summed E-state index contributed by atoms with van der Waals surface area (Å²) in [7, 11) is 3.42. The molecule has 1 amide bonds. The fourth-order valence-electron chi connectivity index (χ4n) is 1.45. The molecule has 0 bridgehead atoms. The maximum absolute atomic E-state index is 11.1. The Morgan fingerprint density at radius 2 is 2.27 bits per heavy atom. The number of hydrogen-bond acceptors (Lipinski definition) is 3. The van der Waals surface area contributed by atoms with Gasteiger partial charge in [0, 0.05) is 20.0 Å². The molecule has 0 radical (unpaired) electrons. The van der Waals surface area contributed by atoms with Gasteiger partial charge in [-0.1, -0.05) is 6.92 Å².